The van der Waals surface area contributed by atoms with E-state index in [0.29, 0.717) is 0 Å². The molecule has 0 aliphatic rings. The first-order chi connectivity index (χ1) is 5.97. The smallest absolute Gasteiger partial charge is 0.125 e. The van der Waals surface area contributed by atoms with E-state index >= 15 is 0 Å². The van der Waals surface area contributed by atoms with E-state index in [0.717, 1.165) is 11.1 Å². The van der Waals surface area contributed by atoms with Gasteiger partial charge in [0.15, 0.2) is 0 Å². The van der Waals surface area contributed by atoms with Crippen molar-refractivity contribution in [3.63, 3.8) is 0 Å². The lowest BCUT2D eigenvalue weighted by molar-refractivity contribution is 0.862. The fourth-order valence-corrected chi connectivity index (χ4v) is 0.971. The quantitative estimate of drug-likeness (QED) is 0.625. The number of hydrogen-bond acceptors (Lipinski definition) is 3. The first-order valence-corrected chi connectivity index (χ1v) is 3.58. The molecule has 1 heterocycles. The maximum atomic E-state index is 3.67. The summed E-state index contributed by atoms with van der Waals surface area (Å²) in [6.07, 6.45) is 4.40. The van der Waals surface area contributed by atoms with Crippen LogP contribution in [0, 0.1) is 6.20 Å². The molecule has 1 radical (unpaired) electrons. The SMILES string of the molecule is [c]1nnncc1-c1ccccc1. The number of aromatic nitrogens is 3. The molecular weight excluding hydrogens is 150 g/mol. The topological polar surface area (TPSA) is 38.7 Å². The summed E-state index contributed by atoms with van der Waals surface area (Å²) < 4.78 is 0. The predicted octanol–water partition coefficient (Wildman–Crippen LogP) is 1.34. The van der Waals surface area contributed by atoms with E-state index in [9.17, 15) is 0 Å². The van der Waals surface area contributed by atoms with Crippen molar-refractivity contribution in [3.05, 3.63) is 42.7 Å². The number of nitrogens with zero attached hydrogens (tertiary/aromatic N) is 3. The van der Waals surface area contributed by atoms with Crippen molar-refractivity contribution < 1.29 is 0 Å². The Morgan fingerprint density at radius 1 is 1.08 bits per heavy atom. The Kier molecular flexibility index (Phi) is 1.78. The summed E-state index contributed by atoms with van der Waals surface area (Å²) in [6, 6.07) is 9.85. The molecule has 0 N–H and O–H groups in total. The Bertz CT molecular complexity index is 307. The van der Waals surface area contributed by atoms with Gasteiger partial charge < -0.3 is 0 Å². The van der Waals surface area contributed by atoms with Crippen molar-refractivity contribution in [2.45, 2.75) is 0 Å². The molecule has 1 aromatic carbocycles. The van der Waals surface area contributed by atoms with Crippen LogP contribution in [0.5, 0.6) is 0 Å². The Labute approximate surface area is 70.1 Å². The van der Waals surface area contributed by atoms with Gasteiger partial charge in [-0.05, 0) is 10.8 Å². The fourth-order valence-electron chi connectivity index (χ4n) is 0.971. The molecule has 3 nitrogen and oxygen atoms in total. The minimum absolute atomic E-state index is 0.866. The lowest BCUT2D eigenvalue weighted by Crippen LogP contribution is -1.86. The molecule has 3 heteroatoms. The van der Waals surface area contributed by atoms with E-state index in [2.05, 4.69) is 21.6 Å². The van der Waals surface area contributed by atoms with Crippen LogP contribution in [0.25, 0.3) is 11.1 Å². The Balaban J connectivity index is 2.46. The molecule has 0 saturated heterocycles. The standard InChI is InChI=1S/C9H6N3/c1-2-4-8(5-3-1)9-6-10-12-11-7-9/h1-6H. The molecule has 0 fully saturated rings. The molecule has 0 atom stereocenters. The largest absolute Gasteiger partial charge is 0.138 e. The Hall–Kier alpha value is -1.77. The van der Waals surface area contributed by atoms with Gasteiger partial charge >= 0.3 is 0 Å². The lowest BCUT2D eigenvalue weighted by Gasteiger charge is -1.95. The van der Waals surface area contributed by atoms with Gasteiger partial charge in [0.25, 0.3) is 0 Å². The molecule has 0 unspecified atom stereocenters. The van der Waals surface area contributed by atoms with Gasteiger partial charge in [0.05, 0.1) is 6.20 Å². The van der Waals surface area contributed by atoms with E-state index in [4.69, 9.17) is 0 Å². The van der Waals surface area contributed by atoms with Crippen LogP contribution in [0.4, 0.5) is 0 Å². The van der Waals surface area contributed by atoms with Gasteiger partial charge in [-0.2, -0.15) is 0 Å². The van der Waals surface area contributed by atoms with Gasteiger partial charge in [-0.1, -0.05) is 30.3 Å². The van der Waals surface area contributed by atoms with Crippen LogP contribution in [0.3, 0.4) is 0 Å². The molecule has 57 valence electrons. The predicted molar refractivity (Wildman–Crippen MR) is 44.1 cm³/mol. The van der Waals surface area contributed by atoms with E-state index < -0.39 is 0 Å². The summed E-state index contributed by atoms with van der Waals surface area (Å²) in [4.78, 5) is 0. The maximum absolute atomic E-state index is 3.67. The second-order valence-electron chi connectivity index (χ2n) is 2.33. The first kappa shape index (κ1) is 6.91. The van der Waals surface area contributed by atoms with Crippen LogP contribution in [0.15, 0.2) is 36.5 Å². The van der Waals surface area contributed by atoms with Gasteiger partial charge in [-0.25, -0.2) is 0 Å². The highest BCUT2D eigenvalue weighted by Crippen LogP contribution is 2.14. The summed E-state index contributed by atoms with van der Waals surface area (Å²) in [5.41, 5.74) is 1.92. The summed E-state index contributed by atoms with van der Waals surface area (Å²) >= 11 is 0. The van der Waals surface area contributed by atoms with Crippen LogP contribution in [-0.4, -0.2) is 15.4 Å². The summed E-state index contributed by atoms with van der Waals surface area (Å²) in [6.45, 7) is 0. The number of hydrogen-bond donors (Lipinski definition) is 0. The normalized spacial score (nSPS) is 9.67. The second kappa shape index (κ2) is 3.09. The molecule has 2 aromatic rings. The molecule has 2 rings (SSSR count). The van der Waals surface area contributed by atoms with Crippen molar-refractivity contribution >= 4 is 0 Å². The van der Waals surface area contributed by atoms with Gasteiger partial charge in [0.2, 0.25) is 0 Å². The van der Waals surface area contributed by atoms with Gasteiger partial charge in [-0.3, -0.25) is 0 Å². The minimum atomic E-state index is 0.866. The third-order valence-electron chi connectivity index (χ3n) is 1.54. The van der Waals surface area contributed by atoms with Gasteiger partial charge in [-0.15, -0.1) is 10.2 Å². The average molecular weight is 156 g/mol. The summed E-state index contributed by atoms with van der Waals surface area (Å²) in [7, 11) is 0. The van der Waals surface area contributed by atoms with Crippen LogP contribution in [0.2, 0.25) is 0 Å². The minimum Gasteiger partial charge on any atom is -0.138 e. The average Bonchev–Trinajstić information content (AvgIpc) is 2.21. The number of rotatable bonds is 1. The van der Waals surface area contributed by atoms with Crippen LogP contribution in [0.1, 0.15) is 0 Å². The molecule has 0 aliphatic heterocycles. The van der Waals surface area contributed by atoms with E-state index in [1.54, 1.807) is 6.20 Å². The maximum Gasteiger partial charge on any atom is 0.125 e. The van der Waals surface area contributed by atoms with Gasteiger partial charge in [0, 0.05) is 5.56 Å². The van der Waals surface area contributed by atoms with E-state index in [-0.39, 0.29) is 0 Å². The zero-order valence-electron chi connectivity index (χ0n) is 6.31. The third-order valence-corrected chi connectivity index (χ3v) is 1.54. The van der Waals surface area contributed by atoms with Crippen LogP contribution in [-0.2, 0) is 0 Å². The molecular formula is C9H6N3. The molecule has 0 amide bonds. The zero-order chi connectivity index (χ0) is 8.23. The Morgan fingerprint density at radius 2 is 1.92 bits per heavy atom. The third kappa shape index (κ3) is 1.29. The van der Waals surface area contributed by atoms with Crippen LogP contribution < -0.4 is 0 Å². The summed E-state index contributed by atoms with van der Waals surface area (Å²) in [5.74, 6) is 0. The highest BCUT2D eigenvalue weighted by atomic mass is 15.3. The molecule has 0 saturated carbocycles. The van der Waals surface area contributed by atoms with E-state index in [1.807, 2.05) is 30.3 Å². The van der Waals surface area contributed by atoms with E-state index in [1.165, 1.54) is 0 Å². The molecule has 0 bridgehead atoms. The monoisotopic (exact) mass is 156 g/mol. The Morgan fingerprint density at radius 3 is 2.58 bits per heavy atom. The molecule has 0 spiro atoms. The lowest BCUT2D eigenvalue weighted by atomic mass is 10.1. The summed E-state index contributed by atoms with van der Waals surface area (Å²) in [5, 5.41) is 10.7. The van der Waals surface area contributed by atoms with Crippen molar-refractivity contribution in [1.29, 1.82) is 0 Å². The second-order valence-corrected chi connectivity index (χ2v) is 2.33. The van der Waals surface area contributed by atoms with Crippen molar-refractivity contribution in [2.75, 3.05) is 0 Å². The molecule has 0 aliphatic carbocycles. The zero-order valence-corrected chi connectivity index (χ0v) is 6.31. The number of benzene rings is 1. The van der Waals surface area contributed by atoms with Crippen molar-refractivity contribution in [1.82, 2.24) is 15.4 Å². The van der Waals surface area contributed by atoms with Crippen LogP contribution >= 0.6 is 0 Å². The fraction of sp³-hybridized carbons (Fsp3) is 0. The highest BCUT2D eigenvalue weighted by molar-refractivity contribution is 5.59. The molecule has 1 aromatic heterocycles. The van der Waals surface area contributed by atoms with Gasteiger partial charge in [0.1, 0.15) is 6.20 Å². The van der Waals surface area contributed by atoms with Crippen molar-refractivity contribution in [2.24, 2.45) is 0 Å². The highest BCUT2D eigenvalue weighted by Gasteiger charge is 1.95. The molecule has 12 heavy (non-hydrogen) atoms. The first-order valence-electron chi connectivity index (χ1n) is 3.58. The van der Waals surface area contributed by atoms with Crippen molar-refractivity contribution in [3.8, 4) is 11.1 Å².